The van der Waals surface area contributed by atoms with Crippen molar-refractivity contribution in [2.24, 2.45) is 0 Å². The molecule has 0 saturated carbocycles. The summed E-state index contributed by atoms with van der Waals surface area (Å²) in [6.07, 6.45) is 4.92. The van der Waals surface area contributed by atoms with Crippen molar-refractivity contribution in [2.45, 2.75) is 77.8 Å². The minimum Gasteiger partial charge on any atom is -0.298 e. The van der Waals surface area contributed by atoms with Gasteiger partial charge in [0.2, 0.25) is 0 Å². The second-order valence-electron chi connectivity index (χ2n) is 20.6. The standard InChI is InChI=1S/C30H29ClF2N2O.C30H27ClF2N2O/c2*1-30(2,3)34-15-13-19(14-16-34)20-17-23(21-7-4-5-8-24(21)31)22-11-12-28(36)35(27(22)18-20)29-25(32)9-6-10-26(29)33/h4-12,17-19H,13-16H2,1-3H3;4-13,17-18H,14-16H2,1-3H3. The van der Waals surface area contributed by atoms with Crippen molar-refractivity contribution >= 4 is 50.6 Å². The Morgan fingerprint density at radius 1 is 0.500 bits per heavy atom. The number of rotatable bonds is 6. The fourth-order valence-electron chi connectivity index (χ4n) is 10.2. The fraction of sp³-hybridized carbons (Fsp3) is 0.267. The monoisotopic (exact) mass is 1010 g/mol. The van der Waals surface area contributed by atoms with Gasteiger partial charge in [-0.05, 0) is 174 Å². The molecule has 10 rings (SSSR count). The zero-order valence-corrected chi connectivity index (χ0v) is 42.7. The van der Waals surface area contributed by atoms with Crippen LogP contribution in [0.1, 0.15) is 77.8 Å². The van der Waals surface area contributed by atoms with Gasteiger partial charge in [0.05, 0.1) is 11.0 Å². The first-order chi connectivity index (χ1) is 34.3. The van der Waals surface area contributed by atoms with Crippen LogP contribution in [0, 0.1) is 23.3 Å². The van der Waals surface area contributed by atoms with Gasteiger partial charge in [-0.3, -0.25) is 28.5 Å². The smallest absolute Gasteiger partial charge is 0.255 e. The van der Waals surface area contributed by atoms with E-state index in [2.05, 4.69) is 69.6 Å². The van der Waals surface area contributed by atoms with Crippen molar-refractivity contribution in [3.63, 3.8) is 0 Å². The Morgan fingerprint density at radius 3 is 1.40 bits per heavy atom. The first kappa shape index (κ1) is 50.6. The summed E-state index contributed by atoms with van der Waals surface area (Å²) in [6, 6.07) is 36.4. The van der Waals surface area contributed by atoms with E-state index in [1.807, 2.05) is 60.7 Å². The van der Waals surface area contributed by atoms with Crippen molar-refractivity contribution in [1.29, 1.82) is 0 Å². The van der Waals surface area contributed by atoms with Crippen LogP contribution in [-0.2, 0) is 0 Å². The van der Waals surface area contributed by atoms with Crippen molar-refractivity contribution in [2.75, 3.05) is 26.2 Å². The first-order valence-corrected chi connectivity index (χ1v) is 25.0. The second kappa shape index (κ2) is 20.3. The highest BCUT2D eigenvalue weighted by Crippen LogP contribution is 2.41. The lowest BCUT2D eigenvalue weighted by Crippen LogP contribution is -2.45. The third kappa shape index (κ3) is 10.1. The van der Waals surface area contributed by atoms with E-state index in [9.17, 15) is 27.2 Å². The Balaban J connectivity index is 0.000000178. The maximum atomic E-state index is 14.9. The number of hydrogen-bond acceptors (Lipinski definition) is 4. The number of likely N-dealkylation sites (tertiary alicyclic amines) is 1. The van der Waals surface area contributed by atoms with Crippen molar-refractivity contribution in [1.82, 2.24) is 18.9 Å². The number of benzene rings is 6. The molecule has 0 N–H and O–H groups in total. The molecule has 2 aromatic heterocycles. The summed E-state index contributed by atoms with van der Waals surface area (Å²) in [5.74, 6) is -2.91. The van der Waals surface area contributed by atoms with Crippen LogP contribution in [-0.4, -0.2) is 56.2 Å². The van der Waals surface area contributed by atoms with E-state index in [1.165, 1.54) is 36.4 Å². The summed E-state index contributed by atoms with van der Waals surface area (Å²) < 4.78 is 61.9. The maximum Gasteiger partial charge on any atom is 0.255 e. The van der Waals surface area contributed by atoms with Crippen molar-refractivity contribution in [3.8, 4) is 33.6 Å². The normalized spacial score (nSPS) is 15.1. The Bertz CT molecular complexity index is 3490. The Hall–Kier alpha value is -6.30. The number of hydrogen-bond donors (Lipinski definition) is 0. The molecule has 2 aliphatic rings. The highest BCUT2D eigenvalue weighted by atomic mass is 35.5. The summed E-state index contributed by atoms with van der Waals surface area (Å²) in [4.78, 5) is 31.0. The fourth-order valence-corrected chi connectivity index (χ4v) is 10.7. The molecule has 0 aliphatic carbocycles. The largest absolute Gasteiger partial charge is 0.298 e. The Kier molecular flexibility index (Phi) is 14.3. The summed E-state index contributed by atoms with van der Waals surface area (Å²) in [7, 11) is 0. The van der Waals surface area contributed by atoms with Crippen LogP contribution in [0.25, 0.3) is 61.0 Å². The molecule has 0 radical (unpaired) electrons. The number of pyridine rings is 2. The highest BCUT2D eigenvalue weighted by molar-refractivity contribution is 6.34. The Labute approximate surface area is 427 Å². The van der Waals surface area contributed by atoms with E-state index in [4.69, 9.17) is 23.2 Å². The molecule has 0 bridgehead atoms. The first-order valence-electron chi connectivity index (χ1n) is 24.3. The number of aromatic nitrogens is 2. The topological polar surface area (TPSA) is 50.5 Å². The second-order valence-corrected chi connectivity index (χ2v) is 21.4. The van der Waals surface area contributed by atoms with Crippen LogP contribution >= 0.6 is 23.2 Å². The van der Waals surface area contributed by atoms with Crippen molar-refractivity contribution < 1.29 is 17.6 Å². The van der Waals surface area contributed by atoms with Gasteiger partial charge in [0.15, 0.2) is 0 Å². The van der Waals surface area contributed by atoms with Gasteiger partial charge in [-0.1, -0.05) is 83.9 Å². The van der Waals surface area contributed by atoms with Gasteiger partial charge in [-0.15, -0.1) is 0 Å². The predicted octanol–water partition coefficient (Wildman–Crippen LogP) is 15.0. The van der Waals surface area contributed by atoms with E-state index >= 15 is 0 Å². The molecular formula is C60H56Cl2F4N4O2. The van der Waals surface area contributed by atoms with Crippen LogP contribution in [0.5, 0.6) is 0 Å². The molecule has 72 heavy (non-hydrogen) atoms. The summed E-state index contributed by atoms with van der Waals surface area (Å²) >= 11 is 13.2. The van der Waals surface area contributed by atoms with E-state index in [0.717, 1.165) is 106 Å². The van der Waals surface area contributed by atoms with Gasteiger partial charge < -0.3 is 0 Å². The van der Waals surface area contributed by atoms with E-state index in [-0.39, 0.29) is 28.4 Å². The lowest BCUT2D eigenvalue weighted by molar-refractivity contribution is 0.102. The Morgan fingerprint density at radius 2 is 0.958 bits per heavy atom. The summed E-state index contributed by atoms with van der Waals surface area (Å²) in [5, 5.41) is 2.53. The van der Waals surface area contributed by atoms with E-state index < -0.39 is 34.4 Å². The average Bonchev–Trinajstić information content (AvgIpc) is 3.34. The van der Waals surface area contributed by atoms with Gasteiger partial charge in [0, 0.05) is 68.2 Å². The molecule has 12 heteroatoms. The number of para-hydroxylation sites is 2. The lowest BCUT2D eigenvalue weighted by Gasteiger charge is -2.41. The molecule has 1 fully saturated rings. The third-order valence-corrected chi connectivity index (χ3v) is 14.8. The molecule has 0 amide bonds. The molecule has 0 spiro atoms. The zero-order valence-electron chi connectivity index (χ0n) is 41.2. The van der Waals surface area contributed by atoms with Gasteiger partial charge in [0.25, 0.3) is 11.1 Å². The lowest BCUT2D eigenvalue weighted by atomic mass is 9.85. The van der Waals surface area contributed by atoms with Crippen molar-refractivity contribution in [3.05, 3.63) is 205 Å². The van der Waals surface area contributed by atoms with Crippen LogP contribution < -0.4 is 11.1 Å². The van der Waals surface area contributed by atoms with Gasteiger partial charge >= 0.3 is 0 Å². The average molecular weight is 1010 g/mol. The number of halogens is 6. The minimum absolute atomic E-state index is 0.0526. The van der Waals surface area contributed by atoms with Gasteiger partial charge in [0.1, 0.15) is 34.6 Å². The van der Waals surface area contributed by atoms with Crippen LogP contribution in [0.3, 0.4) is 0 Å². The summed E-state index contributed by atoms with van der Waals surface area (Å²) in [5.41, 5.74) is 5.63. The predicted molar refractivity (Wildman–Crippen MR) is 287 cm³/mol. The van der Waals surface area contributed by atoms with E-state index in [0.29, 0.717) is 31.9 Å². The zero-order chi connectivity index (χ0) is 51.2. The molecule has 1 saturated heterocycles. The molecule has 2 aliphatic heterocycles. The van der Waals surface area contributed by atoms with E-state index in [1.54, 1.807) is 12.1 Å². The molecule has 0 atom stereocenters. The molecule has 4 heterocycles. The minimum atomic E-state index is -0.799. The van der Waals surface area contributed by atoms with Gasteiger partial charge in [-0.25, -0.2) is 17.6 Å². The maximum absolute atomic E-state index is 14.9. The molecule has 6 nitrogen and oxygen atoms in total. The number of nitrogens with zero attached hydrogens (tertiary/aromatic N) is 4. The molecule has 370 valence electrons. The van der Waals surface area contributed by atoms with Gasteiger partial charge in [-0.2, -0.15) is 0 Å². The number of piperidine rings is 1. The SMILES string of the molecule is CC(C)(C)N1CC=C(c2cc(-c3ccccc3Cl)c3ccc(=O)n(-c4c(F)cccc4F)c3c2)CC1.CC(C)(C)N1CCC(c2cc(-c3ccccc3Cl)c3ccc(=O)n(-c4c(F)cccc4F)c3c2)CC1. The number of fused-ring (bicyclic) bond motifs is 2. The van der Waals surface area contributed by atoms with Crippen LogP contribution in [0.2, 0.25) is 10.0 Å². The quantitative estimate of drug-likeness (QED) is 0.156. The molecule has 6 aromatic carbocycles. The molecule has 0 unspecified atom stereocenters. The highest BCUT2D eigenvalue weighted by Gasteiger charge is 2.30. The molecule has 8 aromatic rings. The van der Waals surface area contributed by atoms with Crippen LogP contribution in [0.4, 0.5) is 17.6 Å². The van der Waals surface area contributed by atoms with Crippen LogP contribution in [0.15, 0.2) is 149 Å². The third-order valence-electron chi connectivity index (χ3n) is 14.1. The molecular weight excluding hydrogens is 956 g/mol. The summed E-state index contributed by atoms with van der Waals surface area (Å²) in [6.45, 7) is 16.8.